The predicted molar refractivity (Wildman–Crippen MR) is 80.5 cm³/mol. The van der Waals surface area contributed by atoms with Gasteiger partial charge in [-0.15, -0.1) is 11.8 Å². The summed E-state index contributed by atoms with van der Waals surface area (Å²) in [6, 6.07) is 7.07. The van der Waals surface area contributed by atoms with Crippen LogP contribution in [-0.2, 0) is 4.74 Å². The van der Waals surface area contributed by atoms with Gasteiger partial charge in [0, 0.05) is 11.3 Å². The molecular weight excluding hydrogens is 298 g/mol. The van der Waals surface area contributed by atoms with E-state index in [9.17, 15) is 14.7 Å². The lowest BCUT2D eigenvalue weighted by molar-refractivity contribution is -0.256. The number of methoxy groups -OCH3 is 1. The van der Waals surface area contributed by atoms with Gasteiger partial charge in [0.1, 0.15) is 0 Å². The van der Waals surface area contributed by atoms with Gasteiger partial charge >= 0.3 is 5.30 Å². The smallest absolute Gasteiger partial charge is 0.425 e. The molecule has 0 heterocycles. The Morgan fingerprint density at radius 1 is 1.30 bits per heavy atom. The van der Waals surface area contributed by atoms with Crippen molar-refractivity contribution in [1.29, 1.82) is 0 Å². The topological polar surface area (TPSA) is 66.4 Å². The van der Waals surface area contributed by atoms with Crippen LogP contribution in [0.25, 0.3) is 0 Å². The Morgan fingerprint density at radius 3 is 2.40 bits per heavy atom. The van der Waals surface area contributed by atoms with Gasteiger partial charge in [-0.1, -0.05) is 26.0 Å². The molecule has 1 unspecified atom stereocenters. The molecule has 0 aliphatic heterocycles. The predicted octanol–water partition coefficient (Wildman–Crippen LogP) is 2.88. The molecule has 1 atom stereocenters. The summed E-state index contributed by atoms with van der Waals surface area (Å²) in [7, 11) is 2.61. The number of nitrogens with zero attached hydrogens (tertiary/aromatic N) is 1. The van der Waals surface area contributed by atoms with E-state index in [-0.39, 0.29) is 5.25 Å². The molecule has 1 aromatic rings. The number of hydrogen-bond donors (Lipinski definition) is 0. The van der Waals surface area contributed by atoms with Gasteiger partial charge in [0.15, 0.2) is 5.69 Å². The Bertz CT molecular complexity index is 507. The molecule has 0 aliphatic carbocycles. The molecule has 20 heavy (non-hydrogen) atoms. The molecule has 0 radical (unpaired) electrons. The third-order valence-corrected chi connectivity index (χ3v) is 4.56. The Balaban J connectivity index is 3.28. The van der Waals surface area contributed by atoms with E-state index >= 15 is 0 Å². The largest absolute Gasteiger partial charge is 0.497 e. The highest BCUT2D eigenvalue weighted by Gasteiger charge is 2.37. The number of carbonyl (C=O) groups excluding carboxylic acids is 2. The van der Waals surface area contributed by atoms with Gasteiger partial charge in [-0.3, -0.25) is 0 Å². The Hall–Kier alpha value is -1.18. The van der Waals surface area contributed by atoms with Gasteiger partial charge in [0.2, 0.25) is 11.9 Å². The minimum Gasteiger partial charge on any atom is -0.497 e. The average Bonchev–Trinajstić information content (AvgIpc) is 2.38. The van der Waals surface area contributed by atoms with Gasteiger partial charge in [0.25, 0.3) is 6.09 Å². The number of amides is 1. The molecule has 0 spiro atoms. The molecule has 0 saturated carbocycles. The zero-order chi connectivity index (χ0) is 15.3. The second kappa shape index (κ2) is 7.01. The molecule has 0 bridgehead atoms. The Kier molecular flexibility index (Phi) is 5.91. The second-order valence-electron chi connectivity index (χ2n) is 4.37. The van der Waals surface area contributed by atoms with Gasteiger partial charge in [-0.25, -0.2) is 4.79 Å². The van der Waals surface area contributed by atoms with Crippen LogP contribution >= 0.6 is 23.7 Å². The molecule has 0 saturated heterocycles. The fourth-order valence-electron chi connectivity index (χ4n) is 1.53. The molecule has 1 rings (SSSR count). The summed E-state index contributed by atoms with van der Waals surface area (Å²) in [5.41, 5.74) is 0.488. The zero-order valence-electron chi connectivity index (χ0n) is 11.8. The van der Waals surface area contributed by atoms with E-state index in [1.807, 2.05) is 26.0 Å². The first-order valence-corrected chi connectivity index (χ1v) is 7.58. The molecule has 0 fully saturated rings. The van der Waals surface area contributed by atoms with E-state index in [0.717, 1.165) is 4.90 Å². The summed E-state index contributed by atoms with van der Waals surface area (Å²) in [5, 5.41) is 11.1. The Labute approximate surface area is 127 Å². The number of benzene rings is 1. The van der Waals surface area contributed by atoms with Crippen LogP contribution < -0.4 is 8.99 Å². The highest BCUT2D eigenvalue weighted by Crippen LogP contribution is 2.40. The van der Waals surface area contributed by atoms with Crippen LogP contribution in [0, 0.1) is 0 Å². The summed E-state index contributed by atoms with van der Waals surface area (Å²) in [6.45, 7) is 4.02. The van der Waals surface area contributed by atoms with Crippen molar-refractivity contribution < 1.29 is 19.4 Å². The number of carbonyl (C=O) groups is 2. The fraction of sp³-hybridized carbons (Fsp3) is 0.385. The Morgan fingerprint density at radius 2 is 1.90 bits per heavy atom. The minimum absolute atomic E-state index is 0.287. The highest BCUT2D eigenvalue weighted by atomic mass is 32.2. The first kappa shape index (κ1) is 16.9. The van der Waals surface area contributed by atoms with Crippen molar-refractivity contribution in [2.24, 2.45) is 0 Å². The molecular formula is C13H17NO4S2. The standard InChI is InChI=1S/C13H17NO4S2/c1-9(2)19-11-8-6-5-7-10(11)14(3,12(15)16)20-13(17)18-4/h5-9H,1-4H3. The maximum Gasteiger partial charge on any atom is 0.425 e. The van der Waals surface area contributed by atoms with Crippen molar-refractivity contribution in [2.75, 3.05) is 14.2 Å². The summed E-state index contributed by atoms with van der Waals surface area (Å²) >= 11 is 2.08. The van der Waals surface area contributed by atoms with E-state index in [1.165, 1.54) is 25.9 Å². The van der Waals surface area contributed by atoms with Crippen LogP contribution in [0.15, 0.2) is 29.2 Å². The molecule has 7 heteroatoms. The molecule has 0 aliphatic rings. The van der Waals surface area contributed by atoms with Crippen LogP contribution in [-0.4, -0.2) is 30.8 Å². The van der Waals surface area contributed by atoms with Gasteiger partial charge in [-0.2, -0.15) is 3.89 Å². The second-order valence-corrected chi connectivity index (χ2v) is 7.23. The van der Waals surface area contributed by atoms with Crippen molar-refractivity contribution >= 4 is 40.8 Å². The van der Waals surface area contributed by atoms with Crippen LogP contribution in [0.3, 0.4) is 0 Å². The molecule has 1 amide bonds. The first-order valence-electron chi connectivity index (χ1n) is 5.93. The number of ether oxygens (including phenoxy) is 1. The van der Waals surface area contributed by atoms with E-state index in [4.69, 9.17) is 0 Å². The normalized spacial score (nSPS) is 13.8. The quantitative estimate of drug-likeness (QED) is 0.370. The molecule has 5 nitrogen and oxygen atoms in total. The number of para-hydroxylation sites is 1. The summed E-state index contributed by atoms with van der Waals surface area (Å²) < 4.78 is 3.83. The highest BCUT2D eigenvalue weighted by molar-refractivity contribution is 8.13. The number of carboxylic acid groups (broad SMARTS) is 1. The van der Waals surface area contributed by atoms with Crippen LogP contribution in [0.2, 0.25) is 0 Å². The molecule has 0 N–H and O–H groups in total. The van der Waals surface area contributed by atoms with Gasteiger partial charge < -0.3 is 14.6 Å². The van der Waals surface area contributed by atoms with Crippen molar-refractivity contribution in [3.05, 3.63) is 24.3 Å². The van der Waals surface area contributed by atoms with Crippen molar-refractivity contribution in [1.82, 2.24) is 3.89 Å². The van der Waals surface area contributed by atoms with Gasteiger partial charge in [0.05, 0.1) is 19.1 Å². The van der Waals surface area contributed by atoms with Crippen molar-refractivity contribution in [3.63, 3.8) is 0 Å². The summed E-state index contributed by atoms with van der Waals surface area (Å²) in [6.07, 6.45) is -1.38. The van der Waals surface area contributed by atoms with Crippen LogP contribution in [0.5, 0.6) is 0 Å². The van der Waals surface area contributed by atoms with Crippen molar-refractivity contribution in [3.8, 4) is 0 Å². The fourth-order valence-corrected chi connectivity index (χ4v) is 3.33. The summed E-state index contributed by atoms with van der Waals surface area (Å²) in [5.74, 6) is 0. The maximum atomic E-state index is 11.5. The van der Waals surface area contributed by atoms with E-state index < -0.39 is 15.3 Å². The molecule has 110 valence electrons. The third-order valence-electron chi connectivity index (χ3n) is 2.46. The lowest BCUT2D eigenvalue weighted by Gasteiger charge is -2.30. The van der Waals surface area contributed by atoms with Crippen LogP contribution in [0.1, 0.15) is 13.8 Å². The van der Waals surface area contributed by atoms with Gasteiger partial charge in [-0.05, 0) is 6.07 Å². The first-order chi connectivity index (χ1) is 9.31. The summed E-state index contributed by atoms with van der Waals surface area (Å²) in [4.78, 5) is 23.8. The lowest BCUT2D eigenvalue weighted by Crippen LogP contribution is -2.52. The maximum absolute atomic E-state index is 11.5. The SMILES string of the molecule is COC(=O)S[N+](C)(C(=O)[O-])c1ccccc1SC(C)C. The van der Waals surface area contributed by atoms with E-state index in [0.29, 0.717) is 17.6 Å². The van der Waals surface area contributed by atoms with Crippen LogP contribution in [0.4, 0.5) is 15.3 Å². The monoisotopic (exact) mass is 315 g/mol. The number of thioether (sulfide) groups is 1. The lowest BCUT2D eigenvalue weighted by atomic mass is 10.3. The number of hydrogen-bond acceptors (Lipinski definition) is 6. The average molecular weight is 315 g/mol. The third kappa shape index (κ3) is 3.91. The number of rotatable bonds is 3. The van der Waals surface area contributed by atoms with Crippen molar-refractivity contribution in [2.45, 2.75) is 24.0 Å². The molecule has 1 aromatic carbocycles. The van der Waals surface area contributed by atoms with E-state index in [1.54, 1.807) is 12.1 Å². The van der Waals surface area contributed by atoms with E-state index in [2.05, 4.69) is 4.74 Å². The number of quaternary nitrogens is 1. The zero-order valence-corrected chi connectivity index (χ0v) is 13.4. The molecule has 0 aromatic heterocycles. The minimum atomic E-state index is -1.38.